The Hall–Kier alpha value is -1.20. The van der Waals surface area contributed by atoms with Crippen molar-refractivity contribution in [2.24, 2.45) is 0 Å². The highest BCUT2D eigenvalue weighted by molar-refractivity contribution is 5.47. The summed E-state index contributed by atoms with van der Waals surface area (Å²) in [5.41, 5.74) is 2.18. The van der Waals surface area contributed by atoms with E-state index in [2.05, 4.69) is 16.4 Å². The van der Waals surface area contributed by atoms with Crippen molar-refractivity contribution in [2.45, 2.75) is 6.61 Å². The van der Waals surface area contributed by atoms with E-state index in [0.29, 0.717) is 6.61 Å². The topological polar surface area (TPSA) is 36.9 Å². The molecule has 0 saturated carbocycles. The van der Waals surface area contributed by atoms with E-state index in [1.165, 1.54) is 7.11 Å². The Morgan fingerprint density at radius 1 is 1.12 bits per heavy atom. The molecule has 0 fully saturated rings. The average Bonchev–Trinajstić information content (AvgIpc) is 2.34. The zero-order valence-electron chi connectivity index (χ0n) is 9.35. The minimum absolute atomic E-state index is 0.0614. The van der Waals surface area contributed by atoms with Crippen LogP contribution in [0.3, 0.4) is 0 Å². The molecule has 0 unspecified atom stereocenters. The highest BCUT2D eigenvalue weighted by Gasteiger charge is 1.93. The number of rotatable bonds is 8. The third-order valence-electron chi connectivity index (χ3n) is 1.90. The first-order valence-corrected chi connectivity index (χ1v) is 4.89. The lowest BCUT2D eigenvalue weighted by molar-refractivity contribution is -0.328. The number of hydrogen-bond donors (Lipinski definition) is 0. The van der Waals surface area contributed by atoms with E-state index in [9.17, 15) is 0 Å². The fourth-order valence-electron chi connectivity index (χ4n) is 1.08. The first kappa shape index (κ1) is 12.9. The van der Waals surface area contributed by atoms with Crippen LogP contribution < -0.4 is 0 Å². The van der Waals surface area contributed by atoms with E-state index in [0.717, 1.165) is 11.1 Å². The summed E-state index contributed by atoms with van der Waals surface area (Å²) >= 11 is 0. The number of ether oxygens (including phenoxy) is 2. The van der Waals surface area contributed by atoms with E-state index in [-0.39, 0.29) is 13.6 Å². The molecule has 0 aliphatic heterocycles. The molecule has 1 aromatic carbocycles. The van der Waals surface area contributed by atoms with Gasteiger partial charge < -0.3 is 9.47 Å². The third-order valence-corrected chi connectivity index (χ3v) is 1.90. The lowest BCUT2D eigenvalue weighted by Gasteiger charge is -2.05. The van der Waals surface area contributed by atoms with E-state index >= 15 is 0 Å². The summed E-state index contributed by atoms with van der Waals surface area (Å²) in [6.45, 7) is 4.43. The van der Waals surface area contributed by atoms with Crippen molar-refractivity contribution in [3.05, 3.63) is 42.0 Å². The fraction of sp³-hybridized carbons (Fsp3) is 0.333. The fourth-order valence-corrected chi connectivity index (χ4v) is 1.08. The summed E-state index contributed by atoms with van der Waals surface area (Å²) in [5, 5.41) is 0. The van der Waals surface area contributed by atoms with Gasteiger partial charge in [0, 0.05) is 0 Å². The molecule has 1 rings (SSSR count). The third kappa shape index (κ3) is 5.04. The van der Waals surface area contributed by atoms with Gasteiger partial charge in [-0.15, -0.1) is 0 Å². The van der Waals surface area contributed by atoms with E-state index < -0.39 is 0 Å². The van der Waals surface area contributed by atoms with Crippen LogP contribution in [0.4, 0.5) is 0 Å². The van der Waals surface area contributed by atoms with Crippen molar-refractivity contribution < 1.29 is 19.2 Å². The lowest BCUT2D eigenvalue weighted by atomic mass is 10.1. The number of benzene rings is 1. The molecule has 4 nitrogen and oxygen atoms in total. The van der Waals surface area contributed by atoms with Crippen molar-refractivity contribution in [3.8, 4) is 0 Å². The van der Waals surface area contributed by atoms with Gasteiger partial charge in [0.1, 0.15) is 6.79 Å². The maximum Gasteiger partial charge on any atom is 0.183 e. The van der Waals surface area contributed by atoms with Crippen LogP contribution in [0, 0.1) is 0 Å². The Morgan fingerprint density at radius 2 is 1.88 bits per heavy atom. The molecule has 88 valence electrons. The molecule has 0 heterocycles. The summed E-state index contributed by atoms with van der Waals surface area (Å²) in [6.07, 6.45) is 1.80. The maximum absolute atomic E-state index is 5.26. The first-order valence-electron chi connectivity index (χ1n) is 4.89. The van der Waals surface area contributed by atoms with Gasteiger partial charge in [-0.3, -0.25) is 0 Å². The highest BCUT2D eigenvalue weighted by atomic mass is 17.2. The van der Waals surface area contributed by atoms with Gasteiger partial charge in [-0.1, -0.05) is 36.9 Å². The molecule has 0 atom stereocenters. The molecule has 0 amide bonds. The second-order valence-electron chi connectivity index (χ2n) is 3.02. The average molecular weight is 224 g/mol. The van der Waals surface area contributed by atoms with Gasteiger partial charge in [-0.2, -0.15) is 0 Å². The summed E-state index contributed by atoms with van der Waals surface area (Å²) < 4.78 is 10.2. The standard InChI is InChI=1S/C12H16O4/c1-3-11-4-6-12(7-5-11)8-14-9-15-10-16-13-2/h3-7H,1,8-10H2,2H3. The zero-order chi connectivity index (χ0) is 11.6. The van der Waals surface area contributed by atoms with Crippen LogP contribution in [-0.4, -0.2) is 20.7 Å². The molecule has 1 aromatic rings. The quantitative estimate of drug-likeness (QED) is 0.294. The summed E-state index contributed by atoms with van der Waals surface area (Å²) in [5.74, 6) is 0. The lowest BCUT2D eigenvalue weighted by Crippen LogP contribution is -2.04. The van der Waals surface area contributed by atoms with Crippen molar-refractivity contribution in [1.29, 1.82) is 0 Å². The Kier molecular flexibility index (Phi) is 6.44. The van der Waals surface area contributed by atoms with Crippen molar-refractivity contribution in [3.63, 3.8) is 0 Å². The molecule has 4 heteroatoms. The Morgan fingerprint density at radius 3 is 2.50 bits per heavy atom. The zero-order valence-corrected chi connectivity index (χ0v) is 9.35. The smallest absolute Gasteiger partial charge is 0.183 e. The molecule has 0 N–H and O–H groups in total. The normalized spacial score (nSPS) is 10.3. The van der Waals surface area contributed by atoms with Crippen LogP contribution in [0.25, 0.3) is 6.08 Å². The van der Waals surface area contributed by atoms with Crippen LogP contribution in [0.5, 0.6) is 0 Å². The molecular formula is C12H16O4. The minimum Gasteiger partial charge on any atom is -0.351 e. The van der Waals surface area contributed by atoms with Crippen LogP contribution in [-0.2, 0) is 25.9 Å². The Bertz CT molecular complexity index is 294. The van der Waals surface area contributed by atoms with Crippen molar-refractivity contribution in [2.75, 3.05) is 20.7 Å². The van der Waals surface area contributed by atoms with Crippen LogP contribution in [0.2, 0.25) is 0 Å². The molecule has 0 bridgehead atoms. The van der Waals surface area contributed by atoms with E-state index in [1.54, 1.807) is 6.08 Å². The van der Waals surface area contributed by atoms with Gasteiger partial charge in [0.25, 0.3) is 0 Å². The van der Waals surface area contributed by atoms with Gasteiger partial charge in [0.05, 0.1) is 13.7 Å². The Balaban J connectivity index is 2.14. The van der Waals surface area contributed by atoms with Crippen LogP contribution in [0.15, 0.2) is 30.8 Å². The molecule has 0 aliphatic carbocycles. The minimum atomic E-state index is 0.0614. The molecule has 0 spiro atoms. The van der Waals surface area contributed by atoms with Gasteiger partial charge in [0.15, 0.2) is 6.79 Å². The molecule has 16 heavy (non-hydrogen) atoms. The van der Waals surface area contributed by atoms with Gasteiger partial charge in [0.2, 0.25) is 0 Å². The predicted molar refractivity (Wildman–Crippen MR) is 60.2 cm³/mol. The molecule has 0 aromatic heterocycles. The maximum atomic E-state index is 5.26. The van der Waals surface area contributed by atoms with Gasteiger partial charge in [-0.25, -0.2) is 9.78 Å². The van der Waals surface area contributed by atoms with E-state index in [1.807, 2.05) is 24.3 Å². The van der Waals surface area contributed by atoms with Crippen molar-refractivity contribution >= 4 is 6.08 Å². The summed E-state index contributed by atoms with van der Waals surface area (Å²) in [6, 6.07) is 7.95. The monoisotopic (exact) mass is 224 g/mol. The summed E-state index contributed by atoms with van der Waals surface area (Å²) in [4.78, 5) is 8.84. The van der Waals surface area contributed by atoms with E-state index in [4.69, 9.17) is 9.47 Å². The predicted octanol–water partition coefficient (Wildman–Crippen LogP) is 2.36. The second kappa shape index (κ2) is 8.01. The highest BCUT2D eigenvalue weighted by Crippen LogP contribution is 2.06. The van der Waals surface area contributed by atoms with Crippen LogP contribution >= 0.6 is 0 Å². The molecule has 0 saturated heterocycles. The number of hydrogen-bond acceptors (Lipinski definition) is 4. The molecular weight excluding hydrogens is 208 g/mol. The summed E-state index contributed by atoms with van der Waals surface area (Å²) in [7, 11) is 1.42. The molecule has 0 radical (unpaired) electrons. The van der Waals surface area contributed by atoms with Gasteiger partial charge in [-0.05, 0) is 11.1 Å². The SMILES string of the molecule is C=Cc1ccc(COCOCOOC)cc1. The van der Waals surface area contributed by atoms with Crippen molar-refractivity contribution in [1.82, 2.24) is 0 Å². The Labute approximate surface area is 95.3 Å². The second-order valence-corrected chi connectivity index (χ2v) is 3.02. The molecule has 0 aliphatic rings. The first-order chi connectivity index (χ1) is 7.86. The van der Waals surface area contributed by atoms with Gasteiger partial charge >= 0.3 is 0 Å². The largest absolute Gasteiger partial charge is 0.351 e. The van der Waals surface area contributed by atoms with Crippen LogP contribution in [0.1, 0.15) is 11.1 Å².